The van der Waals surface area contributed by atoms with Crippen molar-refractivity contribution in [1.82, 2.24) is 14.9 Å². The van der Waals surface area contributed by atoms with Crippen molar-refractivity contribution in [3.63, 3.8) is 0 Å². The molecule has 0 bridgehead atoms. The minimum absolute atomic E-state index is 0.0749. The number of halogens is 1. The molecule has 2 saturated heterocycles. The highest BCUT2D eigenvalue weighted by Crippen LogP contribution is 2.27. The van der Waals surface area contributed by atoms with Crippen molar-refractivity contribution in [2.45, 2.75) is 6.42 Å². The Labute approximate surface area is 174 Å². The largest absolute Gasteiger partial charge is 0.338 e. The van der Waals surface area contributed by atoms with E-state index in [-0.39, 0.29) is 18.2 Å². The van der Waals surface area contributed by atoms with Gasteiger partial charge in [0.2, 0.25) is 17.8 Å². The summed E-state index contributed by atoms with van der Waals surface area (Å²) in [6, 6.07) is 7.03. The third-order valence-corrected chi connectivity index (χ3v) is 5.58. The smallest absolute Gasteiger partial charge is 0.229 e. The normalized spacial score (nSPS) is 20.2. The molecule has 2 fully saturated rings. The number of aromatic nitrogens is 2. The van der Waals surface area contributed by atoms with Crippen LogP contribution in [0.25, 0.3) is 0 Å². The molecule has 1 aromatic carbocycles. The van der Waals surface area contributed by atoms with E-state index in [0.717, 1.165) is 31.9 Å². The molecule has 2 aliphatic rings. The predicted octanol–water partition coefficient (Wildman–Crippen LogP) is 1.87. The zero-order valence-electron chi connectivity index (χ0n) is 16.2. The van der Waals surface area contributed by atoms with Gasteiger partial charge in [-0.15, -0.1) is 0 Å². The molecule has 2 aromatic rings. The summed E-state index contributed by atoms with van der Waals surface area (Å²) in [6.07, 6.45) is 3.41. The highest BCUT2D eigenvalue weighted by molar-refractivity contribution is 6.30. The van der Waals surface area contributed by atoms with Crippen LogP contribution in [0, 0.1) is 5.92 Å². The predicted molar refractivity (Wildman–Crippen MR) is 112 cm³/mol. The highest BCUT2D eigenvalue weighted by atomic mass is 35.5. The zero-order valence-corrected chi connectivity index (χ0v) is 17.0. The summed E-state index contributed by atoms with van der Waals surface area (Å²) in [5.41, 5.74) is 1.28. The van der Waals surface area contributed by atoms with Gasteiger partial charge in [0.05, 0.1) is 24.0 Å². The maximum Gasteiger partial charge on any atom is 0.229 e. The van der Waals surface area contributed by atoms with Crippen LogP contribution in [0.3, 0.4) is 0 Å². The molecule has 1 N–H and O–H groups in total. The summed E-state index contributed by atoms with van der Waals surface area (Å²) in [4.78, 5) is 39.8. The molecule has 1 aromatic heterocycles. The summed E-state index contributed by atoms with van der Waals surface area (Å²) in [5.74, 6) is -0.0311. The zero-order chi connectivity index (χ0) is 20.4. The van der Waals surface area contributed by atoms with Crippen LogP contribution in [0.4, 0.5) is 17.3 Å². The first kappa shape index (κ1) is 19.6. The number of likely N-dealkylation sites (N-methyl/N-ethyl adjacent to an activating group) is 1. The first-order chi connectivity index (χ1) is 14.0. The van der Waals surface area contributed by atoms with Gasteiger partial charge in [-0.05, 0) is 31.3 Å². The number of piperazine rings is 1. The molecule has 4 rings (SSSR count). The fourth-order valence-corrected chi connectivity index (χ4v) is 3.68. The maximum absolute atomic E-state index is 12.6. The number of hydrogen-bond donors (Lipinski definition) is 1. The Morgan fingerprint density at radius 1 is 1.10 bits per heavy atom. The van der Waals surface area contributed by atoms with Crippen molar-refractivity contribution < 1.29 is 9.59 Å². The van der Waals surface area contributed by atoms with Gasteiger partial charge in [-0.1, -0.05) is 11.6 Å². The van der Waals surface area contributed by atoms with E-state index >= 15 is 0 Å². The maximum atomic E-state index is 12.6. The summed E-state index contributed by atoms with van der Waals surface area (Å²) < 4.78 is 0. The number of carbonyl (C=O) groups is 2. The van der Waals surface area contributed by atoms with Crippen molar-refractivity contribution in [2.24, 2.45) is 5.92 Å². The average Bonchev–Trinajstić information content (AvgIpc) is 3.12. The molecule has 0 saturated carbocycles. The number of carbonyl (C=O) groups excluding carboxylic acids is 2. The van der Waals surface area contributed by atoms with Gasteiger partial charge in [0.25, 0.3) is 0 Å². The Bertz CT molecular complexity index is 881. The van der Waals surface area contributed by atoms with Crippen molar-refractivity contribution in [3.8, 4) is 0 Å². The van der Waals surface area contributed by atoms with Crippen LogP contribution in [0.2, 0.25) is 5.02 Å². The molecule has 1 atom stereocenters. The van der Waals surface area contributed by atoms with Crippen LogP contribution >= 0.6 is 11.6 Å². The Morgan fingerprint density at radius 3 is 2.41 bits per heavy atom. The number of nitrogens with one attached hydrogen (secondary N) is 1. The lowest BCUT2D eigenvalue weighted by atomic mass is 10.1. The second-order valence-corrected chi connectivity index (χ2v) is 7.87. The first-order valence-electron chi connectivity index (χ1n) is 9.62. The van der Waals surface area contributed by atoms with Gasteiger partial charge >= 0.3 is 0 Å². The molecule has 0 aliphatic carbocycles. The molecule has 29 heavy (non-hydrogen) atoms. The van der Waals surface area contributed by atoms with E-state index in [1.807, 2.05) is 0 Å². The van der Waals surface area contributed by atoms with Gasteiger partial charge in [0.1, 0.15) is 0 Å². The molecule has 1 unspecified atom stereocenters. The lowest BCUT2D eigenvalue weighted by Crippen LogP contribution is -2.45. The lowest BCUT2D eigenvalue weighted by Gasteiger charge is -2.32. The molecular weight excluding hydrogens is 392 g/mol. The van der Waals surface area contributed by atoms with Crippen LogP contribution in [0.1, 0.15) is 6.42 Å². The van der Waals surface area contributed by atoms with Crippen LogP contribution in [-0.4, -0.2) is 66.5 Å². The monoisotopic (exact) mass is 414 g/mol. The molecule has 9 heteroatoms. The number of anilines is 3. The minimum Gasteiger partial charge on any atom is -0.338 e. The van der Waals surface area contributed by atoms with E-state index in [1.54, 1.807) is 41.6 Å². The Balaban J connectivity index is 1.35. The molecule has 0 radical (unpaired) electrons. The summed E-state index contributed by atoms with van der Waals surface area (Å²) >= 11 is 5.91. The highest BCUT2D eigenvalue weighted by Gasteiger charge is 2.35. The van der Waals surface area contributed by atoms with Gasteiger partial charge in [0.15, 0.2) is 0 Å². The topological polar surface area (TPSA) is 81.7 Å². The van der Waals surface area contributed by atoms with Gasteiger partial charge < -0.3 is 20.0 Å². The number of nitrogens with zero attached hydrogens (tertiary/aromatic N) is 5. The van der Waals surface area contributed by atoms with Crippen LogP contribution in [-0.2, 0) is 9.59 Å². The SMILES string of the molecule is CN1CCN(c2ncc(NC(=O)C3CC(=O)N(c4ccc(Cl)cc4)C3)cn2)CC1. The third-order valence-electron chi connectivity index (χ3n) is 5.33. The van der Waals surface area contributed by atoms with Gasteiger partial charge in [-0.3, -0.25) is 9.59 Å². The van der Waals surface area contributed by atoms with E-state index < -0.39 is 5.92 Å². The van der Waals surface area contributed by atoms with Gasteiger partial charge in [-0.2, -0.15) is 0 Å². The third kappa shape index (κ3) is 4.49. The van der Waals surface area contributed by atoms with Crippen LogP contribution in [0.15, 0.2) is 36.7 Å². The molecule has 0 spiro atoms. The van der Waals surface area contributed by atoms with E-state index in [4.69, 9.17) is 11.6 Å². The van der Waals surface area contributed by atoms with E-state index in [2.05, 4.69) is 32.1 Å². The number of rotatable bonds is 4. The van der Waals surface area contributed by atoms with Crippen LogP contribution < -0.4 is 15.1 Å². The Kier molecular flexibility index (Phi) is 5.64. The van der Waals surface area contributed by atoms with E-state index in [0.29, 0.717) is 23.2 Å². The van der Waals surface area contributed by atoms with Crippen LogP contribution in [0.5, 0.6) is 0 Å². The summed E-state index contributed by atoms with van der Waals surface area (Å²) in [5, 5.41) is 3.44. The molecule has 2 amide bonds. The van der Waals surface area contributed by atoms with Gasteiger partial charge in [0, 0.05) is 49.9 Å². The number of hydrogen-bond acceptors (Lipinski definition) is 6. The lowest BCUT2D eigenvalue weighted by molar-refractivity contribution is -0.122. The number of benzene rings is 1. The minimum atomic E-state index is -0.421. The quantitative estimate of drug-likeness (QED) is 0.822. The fourth-order valence-electron chi connectivity index (χ4n) is 3.55. The molecule has 8 nitrogen and oxygen atoms in total. The molecular formula is C20H23ClN6O2. The second-order valence-electron chi connectivity index (χ2n) is 7.43. The van der Waals surface area contributed by atoms with E-state index in [9.17, 15) is 9.59 Å². The second kappa shape index (κ2) is 8.34. The summed E-state index contributed by atoms with van der Waals surface area (Å²) in [7, 11) is 2.10. The average molecular weight is 415 g/mol. The number of amides is 2. The Hall–Kier alpha value is -2.71. The van der Waals surface area contributed by atoms with Crippen molar-refractivity contribution in [1.29, 1.82) is 0 Å². The Morgan fingerprint density at radius 2 is 1.76 bits per heavy atom. The molecule has 3 heterocycles. The standard InChI is InChI=1S/C20H23ClN6O2/c1-25-6-8-26(9-7-25)20-22-11-16(12-23-20)24-19(29)14-10-18(28)27(13-14)17-4-2-15(21)3-5-17/h2-5,11-12,14H,6-10,13H2,1H3,(H,24,29). The fraction of sp³-hybridized carbons (Fsp3) is 0.400. The van der Waals surface area contributed by atoms with Crippen molar-refractivity contribution in [3.05, 3.63) is 41.7 Å². The van der Waals surface area contributed by atoms with Gasteiger partial charge in [-0.25, -0.2) is 9.97 Å². The first-order valence-corrected chi connectivity index (χ1v) is 10.00. The summed E-state index contributed by atoms with van der Waals surface area (Å²) in [6.45, 7) is 4.05. The van der Waals surface area contributed by atoms with Crippen molar-refractivity contribution in [2.75, 3.05) is 54.9 Å². The molecule has 152 valence electrons. The van der Waals surface area contributed by atoms with Crippen molar-refractivity contribution >= 4 is 40.7 Å². The molecule has 2 aliphatic heterocycles. The van der Waals surface area contributed by atoms with E-state index in [1.165, 1.54) is 0 Å².